The fourth-order valence-electron chi connectivity index (χ4n) is 3.45. The summed E-state index contributed by atoms with van der Waals surface area (Å²) in [4.78, 5) is 14.9. The molecule has 1 amide bonds. The molecule has 1 N–H and O–H groups in total. The molecule has 0 atom stereocenters. The third-order valence-corrected chi connectivity index (χ3v) is 5.00. The molecule has 3 rings (SSSR count). The van der Waals surface area contributed by atoms with Gasteiger partial charge in [0.25, 0.3) is 0 Å². The maximum atomic E-state index is 12.6. The van der Waals surface area contributed by atoms with Crippen LogP contribution in [-0.4, -0.2) is 28.8 Å². The molecule has 0 radical (unpaired) electrons. The van der Waals surface area contributed by atoms with Crippen molar-refractivity contribution >= 4 is 17.3 Å². The van der Waals surface area contributed by atoms with Crippen LogP contribution in [-0.2, 0) is 4.79 Å². The van der Waals surface area contributed by atoms with Crippen LogP contribution in [0, 0.1) is 20.8 Å². The van der Waals surface area contributed by atoms with Crippen molar-refractivity contribution in [2.24, 2.45) is 0 Å². The number of hydrogen-bond donors (Lipinski definition) is 1. The highest BCUT2D eigenvalue weighted by atomic mass is 16.1. The Morgan fingerprint density at radius 2 is 1.71 bits per heavy atom. The molecule has 146 valence electrons. The number of carbonyl (C=O) groups excluding carboxylic acids is 1. The molecular weight excluding hydrogens is 348 g/mol. The molecule has 0 aliphatic carbocycles. The summed E-state index contributed by atoms with van der Waals surface area (Å²) in [6.07, 6.45) is 0.428. The van der Waals surface area contributed by atoms with E-state index in [1.165, 1.54) is 11.3 Å². The average molecular weight is 377 g/mol. The summed E-state index contributed by atoms with van der Waals surface area (Å²) in [7, 11) is 0. The van der Waals surface area contributed by atoms with E-state index in [9.17, 15) is 4.79 Å². The molecule has 0 fully saturated rings. The number of nitrogens with one attached hydrogen (secondary N) is 1. The second-order valence-electron chi connectivity index (χ2n) is 6.96. The van der Waals surface area contributed by atoms with Crippen LogP contribution in [0.25, 0.3) is 5.69 Å². The SMILES string of the molecule is CCN(CCC(=O)Nc1c(C)nn(-c2ccccc2)c1C)c1ccccc1C. The third kappa shape index (κ3) is 4.25. The molecule has 3 aromatic rings. The second kappa shape index (κ2) is 8.74. The van der Waals surface area contributed by atoms with Crippen molar-refractivity contribution in [3.63, 3.8) is 0 Å². The van der Waals surface area contributed by atoms with Gasteiger partial charge in [-0.25, -0.2) is 4.68 Å². The van der Waals surface area contributed by atoms with Gasteiger partial charge in [-0.3, -0.25) is 4.79 Å². The van der Waals surface area contributed by atoms with E-state index in [1.54, 1.807) is 0 Å². The van der Waals surface area contributed by atoms with Gasteiger partial charge < -0.3 is 10.2 Å². The van der Waals surface area contributed by atoms with Crippen LogP contribution in [0.5, 0.6) is 0 Å². The lowest BCUT2D eigenvalue weighted by molar-refractivity contribution is -0.116. The van der Waals surface area contributed by atoms with Gasteiger partial charge in [-0.1, -0.05) is 36.4 Å². The maximum absolute atomic E-state index is 12.6. The Balaban J connectivity index is 1.68. The van der Waals surface area contributed by atoms with Gasteiger partial charge in [0.1, 0.15) is 0 Å². The van der Waals surface area contributed by atoms with Gasteiger partial charge in [0.15, 0.2) is 0 Å². The number of nitrogens with zero attached hydrogens (tertiary/aromatic N) is 3. The smallest absolute Gasteiger partial charge is 0.226 e. The van der Waals surface area contributed by atoms with Gasteiger partial charge in [-0.15, -0.1) is 0 Å². The van der Waals surface area contributed by atoms with Crippen LogP contribution >= 0.6 is 0 Å². The molecule has 2 aromatic carbocycles. The monoisotopic (exact) mass is 376 g/mol. The number of hydrogen-bond acceptors (Lipinski definition) is 3. The number of benzene rings is 2. The Labute approximate surface area is 167 Å². The largest absolute Gasteiger partial charge is 0.371 e. The van der Waals surface area contributed by atoms with Gasteiger partial charge >= 0.3 is 0 Å². The maximum Gasteiger partial charge on any atom is 0.226 e. The highest BCUT2D eigenvalue weighted by molar-refractivity contribution is 5.92. The minimum absolute atomic E-state index is 0.00541. The Hall–Kier alpha value is -3.08. The molecule has 0 bridgehead atoms. The molecule has 0 spiro atoms. The number of aromatic nitrogens is 2. The Morgan fingerprint density at radius 3 is 2.39 bits per heavy atom. The first-order chi connectivity index (χ1) is 13.5. The Kier molecular flexibility index (Phi) is 6.14. The normalized spacial score (nSPS) is 10.7. The fourth-order valence-corrected chi connectivity index (χ4v) is 3.45. The van der Waals surface area contributed by atoms with Crippen molar-refractivity contribution in [2.75, 3.05) is 23.3 Å². The van der Waals surface area contributed by atoms with Crippen LogP contribution in [0.1, 0.15) is 30.3 Å². The Morgan fingerprint density at radius 1 is 1.04 bits per heavy atom. The number of para-hydroxylation sites is 2. The molecular formula is C23H28N4O. The van der Waals surface area contributed by atoms with Crippen LogP contribution in [0.3, 0.4) is 0 Å². The van der Waals surface area contributed by atoms with Crippen molar-refractivity contribution in [3.05, 3.63) is 71.5 Å². The van der Waals surface area contributed by atoms with Crippen molar-refractivity contribution in [3.8, 4) is 5.69 Å². The highest BCUT2D eigenvalue weighted by Crippen LogP contribution is 2.23. The van der Waals surface area contributed by atoms with Gasteiger partial charge in [-0.2, -0.15) is 5.10 Å². The second-order valence-corrected chi connectivity index (χ2v) is 6.96. The molecule has 5 nitrogen and oxygen atoms in total. The zero-order chi connectivity index (χ0) is 20.1. The number of anilines is 2. The first kappa shape index (κ1) is 19.7. The molecule has 0 saturated carbocycles. The highest BCUT2D eigenvalue weighted by Gasteiger charge is 2.16. The van der Waals surface area contributed by atoms with Crippen molar-refractivity contribution in [1.29, 1.82) is 0 Å². The number of amides is 1. The molecule has 0 saturated heterocycles. The molecule has 1 heterocycles. The standard InChI is InChI=1S/C23H28N4O/c1-5-26(21-14-10-9-11-17(21)2)16-15-22(28)24-23-18(3)25-27(19(23)4)20-12-7-6-8-13-20/h6-14H,5,15-16H2,1-4H3,(H,24,28). The van der Waals surface area contributed by atoms with Gasteiger partial charge in [-0.05, 0) is 51.5 Å². The van der Waals surface area contributed by atoms with E-state index < -0.39 is 0 Å². The summed E-state index contributed by atoms with van der Waals surface area (Å²) in [5.74, 6) is 0.00541. The van der Waals surface area contributed by atoms with E-state index in [4.69, 9.17) is 0 Å². The van der Waals surface area contributed by atoms with E-state index in [1.807, 2.05) is 61.0 Å². The molecule has 28 heavy (non-hydrogen) atoms. The van der Waals surface area contributed by atoms with E-state index in [-0.39, 0.29) is 5.91 Å². The van der Waals surface area contributed by atoms with Crippen molar-refractivity contribution < 1.29 is 4.79 Å². The fraction of sp³-hybridized carbons (Fsp3) is 0.304. The van der Waals surface area contributed by atoms with Crippen LogP contribution < -0.4 is 10.2 Å². The lowest BCUT2D eigenvalue weighted by Crippen LogP contribution is -2.28. The predicted octanol–water partition coefficient (Wildman–Crippen LogP) is 4.65. The summed E-state index contributed by atoms with van der Waals surface area (Å²) in [6.45, 7) is 9.66. The summed E-state index contributed by atoms with van der Waals surface area (Å²) >= 11 is 0. The average Bonchev–Trinajstić information content (AvgIpc) is 2.98. The van der Waals surface area contributed by atoms with Crippen LogP contribution in [0.4, 0.5) is 11.4 Å². The molecule has 1 aromatic heterocycles. The first-order valence-corrected chi connectivity index (χ1v) is 9.73. The zero-order valence-electron chi connectivity index (χ0n) is 17.1. The molecule has 0 unspecified atom stereocenters. The van der Waals surface area contributed by atoms with Crippen molar-refractivity contribution in [2.45, 2.75) is 34.1 Å². The number of carbonyl (C=O) groups is 1. The molecule has 0 aliphatic rings. The van der Waals surface area contributed by atoms with E-state index >= 15 is 0 Å². The van der Waals surface area contributed by atoms with Gasteiger partial charge in [0.2, 0.25) is 5.91 Å². The molecule has 0 aliphatic heterocycles. The minimum Gasteiger partial charge on any atom is -0.371 e. The topological polar surface area (TPSA) is 50.2 Å². The molecule has 5 heteroatoms. The van der Waals surface area contributed by atoms with Gasteiger partial charge in [0.05, 0.1) is 22.8 Å². The van der Waals surface area contributed by atoms with E-state index in [2.05, 4.69) is 41.3 Å². The zero-order valence-corrected chi connectivity index (χ0v) is 17.1. The summed E-state index contributed by atoms with van der Waals surface area (Å²) < 4.78 is 1.87. The third-order valence-electron chi connectivity index (χ3n) is 5.00. The number of rotatable bonds is 7. The lowest BCUT2D eigenvalue weighted by Gasteiger charge is -2.24. The quantitative estimate of drug-likeness (QED) is 0.653. The van der Waals surface area contributed by atoms with E-state index in [0.29, 0.717) is 13.0 Å². The summed E-state index contributed by atoms with van der Waals surface area (Å²) in [5, 5.41) is 7.66. The summed E-state index contributed by atoms with van der Waals surface area (Å²) in [6, 6.07) is 18.2. The van der Waals surface area contributed by atoms with Crippen LogP contribution in [0.2, 0.25) is 0 Å². The van der Waals surface area contributed by atoms with Gasteiger partial charge in [0, 0.05) is 25.2 Å². The first-order valence-electron chi connectivity index (χ1n) is 9.73. The minimum atomic E-state index is 0.00541. The summed E-state index contributed by atoms with van der Waals surface area (Å²) in [5.41, 5.74) is 5.94. The predicted molar refractivity (Wildman–Crippen MR) is 115 cm³/mol. The van der Waals surface area contributed by atoms with Crippen molar-refractivity contribution in [1.82, 2.24) is 9.78 Å². The van der Waals surface area contributed by atoms with E-state index in [0.717, 1.165) is 29.3 Å². The lowest BCUT2D eigenvalue weighted by atomic mass is 10.1. The van der Waals surface area contributed by atoms with Crippen LogP contribution in [0.15, 0.2) is 54.6 Å². The Bertz CT molecular complexity index is 946. The number of aryl methyl sites for hydroxylation is 2.